The Morgan fingerprint density at radius 2 is 1.71 bits per heavy atom. The fraction of sp³-hybridized carbons (Fsp3) is 0.545. The van der Waals surface area contributed by atoms with Gasteiger partial charge in [-0.15, -0.1) is 0 Å². The highest BCUT2D eigenvalue weighted by Gasteiger charge is 2.46. The van der Waals surface area contributed by atoms with Gasteiger partial charge in [0.05, 0.1) is 24.7 Å². The van der Waals surface area contributed by atoms with Gasteiger partial charge in [0.1, 0.15) is 17.8 Å². The predicted molar refractivity (Wildman–Crippen MR) is 161 cm³/mol. The maximum absolute atomic E-state index is 14.6. The van der Waals surface area contributed by atoms with Gasteiger partial charge in [0.2, 0.25) is 17.7 Å². The Bertz CT molecular complexity index is 1310. The molecule has 1 saturated heterocycles. The van der Waals surface area contributed by atoms with Crippen molar-refractivity contribution in [2.24, 2.45) is 5.92 Å². The largest absolute Gasteiger partial charge is 0.493 e. The number of carbonyl (C=O) groups is 3. The van der Waals surface area contributed by atoms with Crippen LogP contribution in [0.5, 0.6) is 5.75 Å². The normalized spacial score (nSPS) is 24.9. The predicted octanol–water partition coefficient (Wildman–Crippen LogP) is 2.94. The molecule has 3 heterocycles. The molecule has 0 unspecified atom stereocenters. The third-order valence-electron chi connectivity index (χ3n) is 9.72. The van der Waals surface area contributed by atoms with E-state index in [9.17, 15) is 14.4 Å². The van der Waals surface area contributed by atoms with Crippen molar-refractivity contribution in [1.82, 2.24) is 20.9 Å². The van der Waals surface area contributed by atoms with Gasteiger partial charge in [0.25, 0.3) is 0 Å². The van der Waals surface area contributed by atoms with Gasteiger partial charge in [-0.3, -0.25) is 14.4 Å². The van der Waals surface area contributed by atoms with E-state index in [1.807, 2.05) is 36.4 Å². The van der Waals surface area contributed by atoms with Crippen LogP contribution in [-0.4, -0.2) is 73.5 Å². The topological polar surface area (TPSA) is 103 Å². The minimum Gasteiger partial charge on any atom is -0.493 e. The number of benzene rings is 2. The van der Waals surface area contributed by atoms with Crippen LogP contribution in [-0.2, 0) is 20.8 Å². The third kappa shape index (κ3) is 5.59. The molecular formula is C33H43N5O4. The van der Waals surface area contributed by atoms with Crippen molar-refractivity contribution in [3.05, 3.63) is 59.7 Å². The Morgan fingerprint density at radius 1 is 0.952 bits per heavy atom. The highest BCUT2D eigenvalue weighted by Crippen LogP contribution is 2.37. The molecule has 0 bridgehead atoms. The van der Waals surface area contributed by atoms with Crippen molar-refractivity contribution < 1.29 is 19.1 Å². The van der Waals surface area contributed by atoms with Crippen LogP contribution in [0.2, 0.25) is 0 Å². The molecular weight excluding hydrogens is 530 g/mol. The molecule has 0 spiro atoms. The number of nitrogens with one attached hydrogen (secondary N) is 3. The number of amides is 3. The molecule has 3 aliphatic heterocycles. The van der Waals surface area contributed by atoms with Crippen LogP contribution < -0.4 is 25.6 Å². The van der Waals surface area contributed by atoms with E-state index in [1.54, 1.807) is 18.9 Å². The molecule has 3 N–H and O–H groups in total. The summed E-state index contributed by atoms with van der Waals surface area (Å²) in [6.07, 6.45) is 6.54. The summed E-state index contributed by atoms with van der Waals surface area (Å²) >= 11 is 0. The van der Waals surface area contributed by atoms with Crippen LogP contribution in [0.3, 0.4) is 0 Å². The summed E-state index contributed by atoms with van der Waals surface area (Å²) in [4.78, 5) is 46.0. The summed E-state index contributed by atoms with van der Waals surface area (Å²) in [6.45, 7) is 3.18. The van der Waals surface area contributed by atoms with Crippen LogP contribution in [0.15, 0.2) is 48.5 Å². The maximum atomic E-state index is 14.6. The number of ether oxygens (including phenoxy) is 1. The zero-order chi connectivity index (χ0) is 29.2. The van der Waals surface area contributed by atoms with E-state index in [2.05, 4.69) is 33.0 Å². The lowest BCUT2D eigenvalue weighted by Crippen LogP contribution is -2.67. The van der Waals surface area contributed by atoms with Crippen molar-refractivity contribution in [2.45, 2.75) is 82.1 Å². The van der Waals surface area contributed by atoms with Crippen molar-refractivity contribution in [1.29, 1.82) is 0 Å². The molecule has 2 aromatic carbocycles. The van der Waals surface area contributed by atoms with Gasteiger partial charge in [-0.1, -0.05) is 55.7 Å². The summed E-state index contributed by atoms with van der Waals surface area (Å²) in [5, 5.41) is 9.39. The zero-order valence-electron chi connectivity index (χ0n) is 24.7. The van der Waals surface area contributed by atoms with Gasteiger partial charge >= 0.3 is 0 Å². The van der Waals surface area contributed by atoms with Crippen molar-refractivity contribution in [3.63, 3.8) is 0 Å². The van der Waals surface area contributed by atoms with Crippen molar-refractivity contribution >= 4 is 23.4 Å². The molecule has 9 nitrogen and oxygen atoms in total. The van der Waals surface area contributed by atoms with Gasteiger partial charge in [0.15, 0.2) is 0 Å². The molecule has 0 radical (unpaired) electrons. The number of hydrogen-bond acceptors (Lipinski definition) is 6. The lowest BCUT2D eigenvalue weighted by Gasteiger charge is -2.46. The number of nitrogens with zero attached hydrogens (tertiary/aromatic N) is 2. The van der Waals surface area contributed by atoms with Crippen molar-refractivity contribution in [3.8, 4) is 5.75 Å². The van der Waals surface area contributed by atoms with Gasteiger partial charge < -0.3 is 30.5 Å². The number of likely N-dealkylation sites (N-methyl/N-ethyl adjacent to an activating group) is 1. The average Bonchev–Trinajstić information content (AvgIpc) is 3.40. The standard InChI is InChI=1S/C33H43N5O4/c1-21(34-2)31(39)36-30(22-10-4-3-5-11-22)33(41)38-19-24-18-23-12-6-8-14-27(23)37(24)20-28(38)32(40)35-26-16-17-42-29-15-9-7-13-25(26)29/h6-9,12-15,21-22,24,26,28,30,34H,3-5,10-11,16-20H2,1-2H3,(H,35,40)(H,36,39)/t21-,24+,26+,28-,30-/m0/s1. The average molecular weight is 574 g/mol. The Kier molecular flexibility index (Phi) is 8.38. The number of carbonyl (C=O) groups excluding carboxylic acids is 3. The number of rotatable bonds is 7. The Hall–Kier alpha value is -3.59. The van der Waals surface area contributed by atoms with Crippen LogP contribution in [0.4, 0.5) is 5.69 Å². The minimum absolute atomic E-state index is 0.0594. The van der Waals surface area contributed by atoms with E-state index >= 15 is 0 Å². The lowest BCUT2D eigenvalue weighted by atomic mass is 9.82. The van der Waals surface area contributed by atoms with Gasteiger partial charge in [-0.25, -0.2) is 0 Å². The number of fused-ring (bicyclic) bond motifs is 4. The summed E-state index contributed by atoms with van der Waals surface area (Å²) in [5.74, 6) is 0.363. The first-order valence-corrected chi connectivity index (χ1v) is 15.6. The molecule has 42 heavy (non-hydrogen) atoms. The number of para-hydroxylation sites is 2. The number of anilines is 1. The Balaban J connectivity index is 1.30. The monoisotopic (exact) mass is 573 g/mol. The maximum Gasteiger partial charge on any atom is 0.246 e. The van der Waals surface area contributed by atoms with Crippen LogP contribution in [0.25, 0.3) is 0 Å². The van der Waals surface area contributed by atoms with Crippen molar-refractivity contribution in [2.75, 3.05) is 31.6 Å². The second-order valence-electron chi connectivity index (χ2n) is 12.3. The fourth-order valence-corrected chi connectivity index (χ4v) is 7.24. The molecule has 224 valence electrons. The smallest absolute Gasteiger partial charge is 0.246 e. The summed E-state index contributed by atoms with van der Waals surface area (Å²) in [5.41, 5.74) is 3.35. The molecule has 9 heteroatoms. The van der Waals surface area contributed by atoms with Crippen LogP contribution >= 0.6 is 0 Å². The van der Waals surface area contributed by atoms with E-state index in [0.29, 0.717) is 26.1 Å². The van der Waals surface area contributed by atoms with Gasteiger partial charge in [-0.05, 0) is 56.8 Å². The van der Waals surface area contributed by atoms with E-state index in [0.717, 1.165) is 55.5 Å². The second-order valence-corrected chi connectivity index (χ2v) is 12.3. The summed E-state index contributed by atoms with van der Waals surface area (Å²) < 4.78 is 5.83. The molecule has 3 amide bonds. The van der Waals surface area contributed by atoms with Gasteiger partial charge in [-0.2, -0.15) is 0 Å². The zero-order valence-corrected chi connectivity index (χ0v) is 24.7. The first kappa shape index (κ1) is 28.5. The van der Waals surface area contributed by atoms with Gasteiger partial charge in [0, 0.05) is 30.8 Å². The highest BCUT2D eigenvalue weighted by molar-refractivity contribution is 5.94. The molecule has 1 aliphatic carbocycles. The number of hydrogen-bond donors (Lipinski definition) is 3. The Morgan fingerprint density at radius 3 is 2.52 bits per heavy atom. The van der Waals surface area contributed by atoms with E-state index in [-0.39, 0.29) is 35.7 Å². The summed E-state index contributed by atoms with van der Waals surface area (Å²) in [6, 6.07) is 14.3. The fourth-order valence-electron chi connectivity index (χ4n) is 7.24. The van der Waals surface area contributed by atoms with E-state index in [4.69, 9.17) is 4.74 Å². The Labute approximate surface area is 248 Å². The second kappa shape index (κ2) is 12.3. The minimum atomic E-state index is -0.681. The molecule has 2 aromatic rings. The lowest BCUT2D eigenvalue weighted by molar-refractivity contribution is -0.146. The first-order chi connectivity index (χ1) is 20.4. The molecule has 4 aliphatic rings. The SMILES string of the molecule is CN[C@@H](C)C(=O)N[C@H](C(=O)N1C[C@H]2Cc3ccccc3N2C[C@H]1C(=O)N[C@@H]1CCOc2ccccc21)C1CCCCC1. The quantitative estimate of drug-likeness (QED) is 0.471. The summed E-state index contributed by atoms with van der Waals surface area (Å²) in [7, 11) is 1.74. The van der Waals surface area contributed by atoms with E-state index in [1.165, 1.54) is 5.56 Å². The van der Waals surface area contributed by atoms with Crippen LogP contribution in [0.1, 0.15) is 62.6 Å². The van der Waals surface area contributed by atoms with E-state index < -0.39 is 18.1 Å². The molecule has 0 aromatic heterocycles. The van der Waals surface area contributed by atoms with Crippen LogP contribution in [0, 0.1) is 5.92 Å². The third-order valence-corrected chi connectivity index (χ3v) is 9.72. The molecule has 5 atom stereocenters. The molecule has 1 saturated carbocycles. The molecule has 2 fully saturated rings. The highest BCUT2D eigenvalue weighted by atomic mass is 16.5. The number of piperazine rings is 1. The molecule has 6 rings (SSSR count). The first-order valence-electron chi connectivity index (χ1n) is 15.6.